The summed E-state index contributed by atoms with van der Waals surface area (Å²) in [5.41, 5.74) is 6.63. The molecule has 1 aromatic rings. The molecule has 0 saturated carbocycles. The van der Waals surface area contributed by atoms with Crippen LogP contribution < -0.4 is 26.4 Å². The van der Waals surface area contributed by atoms with E-state index in [1.165, 1.54) is 14.0 Å². The van der Waals surface area contributed by atoms with Gasteiger partial charge in [0, 0.05) is 6.42 Å². The number of hydrogen-bond acceptors (Lipinski definition) is 12. The van der Waals surface area contributed by atoms with E-state index in [0.29, 0.717) is 11.3 Å². The van der Waals surface area contributed by atoms with Crippen LogP contribution in [-0.2, 0) is 25.5 Å². The van der Waals surface area contributed by atoms with Crippen LogP contribution in [-0.4, -0.2) is 129 Å². The molecule has 1 aliphatic rings. The highest BCUT2D eigenvalue weighted by atomic mass is 19.3. The Labute approximate surface area is 252 Å². The number of unbranched alkanes of at least 4 members (excludes halogenated alkanes) is 1. The fraction of sp³-hybridized carbons (Fsp3) is 0.667. The van der Waals surface area contributed by atoms with E-state index in [1.807, 2.05) is 0 Å². The molecule has 1 aliphatic heterocycles. The van der Waals surface area contributed by atoms with Crippen LogP contribution in [0.1, 0.15) is 31.7 Å². The number of nitrogens with one attached hydrogen (secondary N) is 3. The molecule has 1 saturated heterocycles. The number of carboxylic acid groups (broad SMARTS) is 1. The molecule has 11 N–H and O–H groups in total. The number of rotatable bonds is 17. The van der Waals surface area contributed by atoms with E-state index in [0.717, 1.165) is 0 Å². The summed E-state index contributed by atoms with van der Waals surface area (Å²) in [7, 11) is 1.49. The summed E-state index contributed by atoms with van der Waals surface area (Å²) >= 11 is 0. The monoisotopic (exact) mass is 636 g/mol. The summed E-state index contributed by atoms with van der Waals surface area (Å²) in [6.07, 6.45) is -7.80. The number of alkyl halides is 2. The second-order valence-corrected chi connectivity index (χ2v) is 10.6. The molecular formula is C27H42F2N4O11. The average Bonchev–Trinajstić information content (AvgIpc) is 2.99. The van der Waals surface area contributed by atoms with Crippen molar-refractivity contribution >= 4 is 17.8 Å². The van der Waals surface area contributed by atoms with E-state index in [9.17, 15) is 48.7 Å². The highest BCUT2D eigenvalue weighted by Crippen LogP contribution is 2.39. The molecule has 1 aromatic carbocycles. The minimum Gasteiger partial charge on any atom is -0.497 e. The molecule has 15 nitrogen and oxygen atoms in total. The van der Waals surface area contributed by atoms with Gasteiger partial charge in [-0.05, 0) is 44.0 Å². The first-order valence-corrected chi connectivity index (χ1v) is 13.9. The van der Waals surface area contributed by atoms with Gasteiger partial charge in [-0.2, -0.15) is 8.78 Å². The molecule has 1 fully saturated rings. The van der Waals surface area contributed by atoms with Gasteiger partial charge in [0.25, 0.3) is 5.79 Å². The first kappa shape index (κ1) is 37.2. The summed E-state index contributed by atoms with van der Waals surface area (Å²) < 4.78 is 39.4. The van der Waals surface area contributed by atoms with Crippen molar-refractivity contribution in [3.05, 3.63) is 29.8 Å². The number of benzene rings is 1. The fourth-order valence-corrected chi connectivity index (χ4v) is 4.43. The van der Waals surface area contributed by atoms with Crippen LogP contribution in [0.4, 0.5) is 8.78 Å². The van der Waals surface area contributed by atoms with Gasteiger partial charge < -0.3 is 61.8 Å². The van der Waals surface area contributed by atoms with Gasteiger partial charge in [0.15, 0.2) is 0 Å². The third-order valence-electron chi connectivity index (χ3n) is 7.25. The maximum Gasteiger partial charge on any atom is 0.325 e. The normalized spacial score (nSPS) is 25.9. The third-order valence-corrected chi connectivity index (χ3v) is 7.25. The number of halogens is 2. The highest BCUT2D eigenvalue weighted by Gasteiger charge is 2.65. The quantitative estimate of drug-likeness (QED) is 0.0777. The van der Waals surface area contributed by atoms with Crippen LogP contribution in [0, 0.1) is 0 Å². The zero-order valence-electron chi connectivity index (χ0n) is 24.4. The van der Waals surface area contributed by atoms with Crippen LogP contribution in [0.2, 0.25) is 0 Å². The smallest absolute Gasteiger partial charge is 0.325 e. The summed E-state index contributed by atoms with van der Waals surface area (Å²) in [6, 6.07) is 3.22. The van der Waals surface area contributed by atoms with Gasteiger partial charge in [-0.15, -0.1) is 0 Å². The lowest BCUT2D eigenvalue weighted by Gasteiger charge is -2.48. The molecule has 0 aromatic heterocycles. The van der Waals surface area contributed by atoms with Crippen molar-refractivity contribution in [2.24, 2.45) is 5.73 Å². The Hall–Kier alpha value is -3.03. The Balaban J connectivity index is 1.88. The minimum absolute atomic E-state index is 0.0263. The van der Waals surface area contributed by atoms with Gasteiger partial charge >= 0.3 is 11.9 Å². The molecule has 0 spiro atoms. The number of hydrogen-bond donors (Lipinski definition) is 10. The minimum atomic E-state index is -4.16. The number of methoxy groups -OCH3 is 1. The summed E-state index contributed by atoms with van der Waals surface area (Å²) in [6.45, 7) is -0.976. The van der Waals surface area contributed by atoms with Crippen molar-refractivity contribution in [3.63, 3.8) is 0 Å². The first-order chi connectivity index (χ1) is 20.6. The molecule has 44 heavy (non-hydrogen) atoms. The molecule has 2 unspecified atom stereocenters. The van der Waals surface area contributed by atoms with Crippen LogP contribution in [0.25, 0.3) is 0 Å². The lowest BCUT2D eigenvalue weighted by atomic mass is 9.88. The molecule has 8 atom stereocenters. The molecule has 17 heteroatoms. The molecule has 0 radical (unpaired) electrons. The predicted octanol–water partition coefficient (Wildman–Crippen LogP) is -2.80. The summed E-state index contributed by atoms with van der Waals surface area (Å²) in [5.74, 6) is -9.87. The number of aliphatic carboxylic acids is 1. The number of carbonyl (C=O) groups excluding carboxylic acids is 2. The Kier molecular flexibility index (Phi) is 13.8. The zero-order valence-corrected chi connectivity index (χ0v) is 24.4. The van der Waals surface area contributed by atoms with Crippen molar-refractivity contribution in [2.75, 3.05) is 26.8 Å². The molecule has 2 amide bonds. The maximum absolute atomic E-state index is 14.8. The average molecular weight is 637 g/mol. The molecule has 250 valence electrons. The zero-order chi connectivity index (χ0) is 33.2. The first-order valence-electron chi connectivity index (χ1n) is 13.9. The molecule has 2 rings (SSSR count). The summed E-state index contributed by atoms with van der Waals surface area (Å²) in [5, 5.41) is 65.4. The van der Waals surface area contributed by atoms with Gasteiger partial charge in [-0.1, -0.05) is 18.6 Å². The lowest BCUT2D eigenvalue weighted by molar-refractivity contribution is -0.409. The van der Waals surface area contributed by atoms with E-state index in [-0.39, 0.29) is 32.2 Å². The van der Waals surface area contributed by atoms with Crippen LogP contribution in [0.15, 0.2) is 24.3 Å². The van der Waals surface area contributed by atoms with Crippen molar-refractivity contribution in [1.82, 2.24) is 16.0 Å². The number of nitrogens with two attached hydrogens (primary N) is 1. The number of carboxylic acids is 1. The van der Waals surface area contributed by atoms with Gasteiger partial charge in [-0.25, -0.2) is 0 Å². The van der Waals surface area contributed by atoms with Crippen LogP contribution in [0.5, 0.6) is 5.75 Å². The molecule has 0 bridgehead atoms. The van der Waals surface area contributed by atoms with Gasteiger partial charge in [0.1, 0.15) is 42.2 Å². The Bertz CT molecular complexity index is 1100. The van der Waals surface area contributed by atoms with Gasteiger partial charge in [-0.3, -0.25) is 14.4 Å². The number of aliphatic hydroxyl groups is 5. The van der Waals surface area contributed by atoms with Crippen molar-refractivity contribution in [1.29, 1.82) is 0 Å². The SMILES string of the molecule is COc1ccc(CC(NC(=O)[C@@H](N)CCCCNCC(F)(F)C2(O)O[C@H](CO)[C@H](O)[C@H](O)[C@H]2O)C(=O)N[C@@H](C)C(=O)O)cc1. The number of aliphatic hydroxyl groups excluding tert-OH is 4. The van der Waals surface area contributed by atoms with Crippen molar-refractivity contribution < 1.29 is 63.3 Å². The van der Waals surface area contributed by atoms with Gasteiger partial charge in [0.05, 0.1) is 26.3 Å². The molecule has 0 aliphatic carbocycles. The maximum atomic E-state index is 14.8. The third kappa shape index (κ3) is 9.48. The van der Waals surface area contributed by atoms with Crippen LogP contribution in [0.3, 0.4) is 0 Å². The predicted molar refractivity (Wildman–Crippen MR) is 148 cm³/mol. The van der Waals surface area contributed by atoms with Crippen LogP contribution >= 0.6 is 0 Å². The topological polar surface area (TPSA) is 253 Å². The Morgan fingerprint density at radius 2 is 1.73 bits per heavy atom. The van der Waals surface area contributed by atoms with Crippen molar-refractivity contribution in [3.8, 4) is 5.75 Å². The fourth-order valence-electron chi connectivity index (χ4n) is 4.43. The Morgan fingerprint density at radius 3 is 2.30 bits per heavy atom. The Morgan fingerprint density at radius 1 is 1.09 bits per heavy atom. The van der Waals surface area contributed by atoms with E-state index in [4.69, 9.17) is 15.6 Å². The highest BCUT2D eigenvalue weighted by molar-refractivity contribution is 5.91. The van der Waals surface area contributed by atoms with E-state index in [1.54, 1.807) is 24.3 Å². The summed E-state index contributed by atoms with van der Waals surface area (Å²) in [4.78, 5) is 36.7. The molecule has 1 heterocycles. The standard InChI is InChI=1S/C27H42F2N4O11/c1-14(25(40)41)32-24(39)18(11-15-6-8-16(43-2)9-7-15)33-23(38)17(30)5-3-4-10-31-13-26(28,29)27(42)22(37)21(36)20(35)19(12-34)44-27/h6-9,14,17-22,31,34-37,42H,3-5,10-13,30H2,1-2H3,(H,32,39)(H,33,38)(H,40,41)/t14-,17-,18?,19+,20-,21-,22+,27?/m0/s1. The van der Waals surface area contributed by atoms with Gasteiger partial charge in [0.2, 0.25) is 11.8 Å². The second-order valence-electron chi connectivity index (χ2n) is 10.6. The molecular weight excluding hydrogens is 594 g/mol. The van der Waals surface area contributed by atoms with Crippen molar-refractivity contribution in [2.45, 2.75) is 86.9 Å². The lowest BCUT2D eigenvalue weighted by Crippen LogP contribution is -2.72. The second kappa shape index (κ2) is 16.3. The van der Waals surface area contributed by atoms with E-state index in [2.05, 4.69) is 20.7 Å². The largest absolute Gasteiger partial charge is 0.497 e. The number of amides is 2. The van der Waals surface area contributed by atoms with E-state index < -0.39 is 85.2 Å². The number of ether oxygens (including phenoxy) is 2. The van der Waals surface area contributed by atoms with E-state index >= 15 is 0 Å². The number of carbonyl (C=O) groups is 3.